The van der Waals surface area contributed by atoms with Crippen molar-refractivity contribution in [2.45, 2.75) is 0 Å². The fourth-order valence-electron chi connectivity index (χ4n) is 1.09. The summed E-state index contributed by atoms with van der Waals surface area (Å²) in [5, 5.41) is 23.4. The molecular weight excluding hydrogens is 316 g/mol. The van der Waals surface area contributed by atoms with E-state index in [1.807, 2.05) is 4.98 Å². The first-order chi connectivity index (χ1) is 13.3. The number of carboxylic acids is 1. The van der Waals surface area contributed by atoms with Crippen LogP contribution in [-0.4, -0.2) is 70.1 Å². The van der Waals surface area contributed by atoms with Gasteiger partial charge in [0.1, 0.15) is 6.54 Å². The second-order valence-corrected chi connectivity index (χ2v) is 3.69. The average molecular weight is 338 g/mol. The quantitative estimate of drug-likeness (QED) is 0.443. The van der Waals surface area contributed by atoms with Gasteiger partial charge in [0.15, 0.2) is 0 Å². The summed E-state index contributed by atoms with van der Waals surface area (Å²) in [6, 6.07) is 0. The molecule has 128 valence electrons. The minimum absolute atomic E-state index is 0.168. The number of hydrogen-bond donors (Lipinski definition) is 4. The van der Waals surface area contributed by atoms with Gasteiger partial charge in [-0.15, -0.1) is 0 Å². The minimum atomic E-state index is -2.72. The normalized spacial score (nSPS) is 14.8. The van der Waals surface area contributed by atoms with E-state index in [0.29, 0.717) is 4.90 Å². The van der Waals surface area contributed by atoms with Crippen molar-refractivity contribution in [3.05, 3.63) is 21.1 Å². The van der Waals surface area contributed by atoms with E-state index in [1.54, 1.807) is 0 Å². The Labute approximate surface area is 136 Å². The van der Waals surface area contributed by atoms with Crippen molar-refractivity contribution >= 4 is 17.9 Å². The van der Waals surface area contributed by atoms with Gasteiger partial charge >= 0.3 is 17.5 Å². The molecule has 0 aliphatic rings. The number of hydrogen-bond acceptors (Lipinski definition) is 10. The number of aliphatic carboxylic acids is 1. The lowest BCUT2D eigenvalue weighted by Crippen LogP contribution is -2.26. The molecule has 2 aromatic heterocycles. The molecule has 0 amide bonds. The predicted octanol–water partition coefficient (Wildman–Crippen LogP) is -2.32. The summed E-state index contributed by atoms with van der Waals surface area (Å²) in [7, 11) is 0. The van der Waals surface area contributed by atoms with E-state index >= 15 is 0 Å². The number of aliphatic hydroxyl groups is 1. The second kappa shape index (κ2) is 8.38. The van der Waals surface area contributed by atoms with Crippen molar-refractivity contribution < 1.29 is 32.3 Å². The third-order valence-corrected chi connectivity index (χ3v) is 1.99. The number of anilines is 2. The largest absolute Gasteiger partial charge is 0.480 e. The molecule has 0 unspecified atom stereocenters. The molecule has 13 heteroatoms. The fourth-order valence-corrected chi connectivity index (χ4v) is 1.09. The van der Waals surface area contributed by atoms with Gasteiger partial charge in [-0.05, 0) is 10.3 Å². The standard InChI is InChI=1S/C5H7N3O4.C5H9N3O3/c1-8(2-3(9)10)4-6-5(11)12-7-4;1-8(2-3-9)4-6-5(10)11-7-4/h2H2,1H3,(H,9,10)(H,6,7,11);9H,2-3H2,1H3,(H,6,7,10)/i2*1D3. The zero-order chi connectivity index (χ0) is 22.4. The number of carbonyl (C=O) groups is 1. The maximum absolute atomic E-state index is 10.6. The van der Waals surface area contributed by atoms with Crippen molar-refractivity contribution in [3.63, 3.8) is 0 Å². The number of aliphatic hydroxyl groups excluding tert-OH is 1. The van der Waals surface area contributed by atoms with Gasteiger partial charge < -0.3 is 20.0 Å². The second-order valence-electron chi connectivity index (χ2n) is 3.69. The Hall–Kier alpha value is -3.09. The van der Waals surface area contributed by atoms with Crippen LogP contribution >= 0.6 is 0 Å². The van der Waals surface area contributed by atoms with Gasteiger partial charge in [0.25, 0.3) is 0 Å². The van der Waals surface area contributed by atoms with E-state index in [9.17, 15) is 14.4 Å². The highest BCUT2D eigenvalue weighted by molar-refractivity contribution is 5.72. The maximum atomic E-state index is 10.6. The van der Waals surface area contributed by atoms with E-state index in [1.165, 1.54) is 0 Å². The summed E-state index contributed by atoms with van der Waals surface area (Å²) < 4.78 is 50.5. The molecule has 0 saturated carbocycles. The molecule has 4 N–H and O–H groups in total. The fraction of sp³-hybridized carbons (Fsp3) is 0.500. The van der Waals surface area contributed by atoms with E-state index in [2.05, 4.69) is 24.3 Å². The minimum Gasteiger partial charge on any atom is -0.480 e. The monoisotopic (exact) mass is 338 g/mol. The van der Waals surface area contributed by atoms with Crippen LogP contribution in [0.5, 0.6) is 0 Å². The van der Waals surface area contributed by atoms with E-state index in [0.717, 1.165) is 4.90 Å². The number of carboxylic acid groups (broad SMARTS) is 1. The highest BCUT2D eigenvalue weighted by Crippen LogP contribution is 1.98. The topological polar surface area (TPSA) is 182 Å². The average Bonchev–Trinajstić information content (AvgIpc) is 3.17. The number of aromatic nitrogens is 4. The third kappa shape index (κ3) is 6.04. The third-order valence-electron chi connectivity index (χ3n) is 1.99. The zero-order valence-corrected chi connectivity index (χ0v) is 11.3. The van der Waals surface area contributed by atoms with Gasteiger partial charge in [0, 0.05) is 28.7 Å². The van der Waals surface area contributed by atoms with Crippen molar-refractivity contribution in [2.75, 3.05) is 43.4 Å². The van der Waals surface area contributed by atoms with Gasteiger partial charge in [-0.3, -0.25) is 23.8 Å². The van der Waals surface area contributed by atoms with Crippen LogP contribution in [0.25, 0.3) is 0 Å². The van der Waals surface area contributed by atoms with Crippen LogP contribution in [0.15, 0.2) is 18.6 Å². The molecule has 0 radical (unpaired) electrons. The number of nitrogens with zero attached hydrogens (tertiary/aromatic N) is 4. The van der Waals surface area contributed by atoms with Crippen LogP contribution in [0.1, 0.15) is 8.22 Å². The smallest absolute Gasteiger partial charge is 0.440 e. The molecule has 0 aliphatic heterocycles. The Morgan fingerprint density at radius 3 is 2.04 bits per heavy atom. The van der Waals surface area contributed by atoms with Crippen LogP contribution in [0, 0.1) is 0 Å². The van der Waals surface area contributed by atoms with E-state index < -0.39 is 43.9 Å². The van der Waals surface area contributed by atoms with Gasteiger partial charge in [-0.1, -0.05) is 0 Å². The zero-order valence-electron chi connectivity index (χ0n) is 17.3. The van der Waals surface area contributed by atoms with E-state index in [4.69, 9.17) is 18.4 Å². The molecule has 2 aromatic rings. The molecule has 0 bridgehead atoms. The number of aromatic amines is 2. The molecule has 0 atom stereocenters. The Balaban J connectivity index is 0.000000291. The van der Waals surface area contributed by atoms with Gasteiger partial charge in [0.05, 0.1) is 6.61 Å². The molecule has 0 spiro atoms. The SMILES string of the molecule is [2H]C([2H])([2H])N(CC(=O)O)c1noc(=O)[nH]1.[2H]C([2H])([2H])N(CCO)c1noc(=O)[nH]1. The molecular formula is C10H16N6O7. The van der Waals surface area contributed by atoms with Crippen molar-refractivity contribution in [1.82, 2.24) is 20.3 Å². The summed E-state index contributed by atoms with van der Waals surface area (Å²) in [6.07, 6.45) is 0. The molecule has 0 aromatic carbocycles. The first-order valence-electron chi connectivity index (χ1n) is 8.75. The first-order valence-corrected chi connectivity index (χ1v) is 5.75. The number of likely N-dealkylation sites (N-methyl/N-ethyl adjacent to an activating group) is 2. The summed E-state index contributed by atoms with van der Waals surface area (Å²) in [5.41, 5.74) is 0. The van der Waals surface area contributed by atoms with Crippen LogP contribution in [-0.2, 0) is 4.79 Å². The lowest BCUT2D eigenvalue weighted by atomic mass is 10.6. The Bertz CT molecular complexity index is 898. The lowest BCUT2D eigenvalue weighted by Gasteiger charge is -2.11. The Morgan fingerprint density at radius 2 is 1.70 bits per heavy atom. The van der Waals surface area contributed by atoms with E-state index in [-0.39, 0.29) is 19.1 Å². The number of H-pyrrole nitrogens is 2. The Morgan fingerprint density at radius 1 is 1.17 bits per heavy atom. The van der Waals surface area contributed by atoms with Gasteiger partial charge in [0.2, 0.25) is 11.9 Å². The highest BCUT2D eigenvalue weighted by atomic mass is 16.5. The summed E-state index contributed by atoms with van der Waals surface area (Å²) in [6.45, 7) is -6.56. The van der Waals surface area contributed by atoms with Crippen LogP contribution in [0.4, 0.5) is 11.9 Å². The highest BCUT2D eigenvalue weighted by Gasteiger charge is 2.09. The summed E-state index contributed by atoms with van der Waals surface area (Å²) in [5.74, 6) is -3.82. The molecule has 0 aliphatic carbocycles. The maximum Gasteiger partial charge on any atom is 0.440 e. The number of rotatable bonds is 6. The predicted molar refractivity (Wildman–Crippen MR) is 75.5 cm³/mol. The molecule has 2 heterocycles. The summed E-state index contributed by atoms with van der Waals surface area (Å²) in [4.78, 5) is 36.8. The van der Waals surface area contributed by atoms with Gasteiger partial charge in [-0.2, -0.15) is 0 Å². The molecule has 0 fully saturated rings. The first kappa shape index (κ1) is 10.6. The lowest BCUT2D eigenvalue weighted by molar-refractivity contribution is -0.135. The van der Waals surface area contributed by atoms with Crippen molar-refractivity contribution in [1.29, 1.82) is 0 Å². The summed E-state index contributed by atoms with van der Waals surface area (Å²) >= 11 is 0. The Kier molecular flexibility index (Phi) is 3.86. The van der Waals surface area contributed by atoms with Crippen LogP contribution in [0.2, 0.25) is 0 Å². The van der Waals surface area contributed by atoms with Crippen LogP contribution < -0.4 is 21.3 Å². The van der Waals surface area contributed by atoms with Crippen molar-refractivity contribution in [2.24, 2.45) is 0 Å². The molecule has 13 nitrogen and oxygen atoms in total. The molecule has 0 saturated heterocycles. The van der Waals surface area contributed by atoms with Gasteiger partial charge in [-0.25, -0.2) is 9.59 Å². The number of nitrogens with one attached hydrogen (secondary N) is 2. The van der Waals surface area contributed by atoms with Crippen molar-refractivity contribution in [3.8, 4) is 0 Å². The van der Waals surface area contributed by atoms with Crippen LogP contribution in [0.3, 0.4) is 0 Å². The molecule has 23 heavy (non-hydrogen) atoms. The molecule has 2 rings (SSSR count).